The average molecular weight is 415 g/mol. The predicted molar refractivity (Wildman–Crippen MR) is 124 cm³/mol. The number of anilines is 1. The number of nitrogens with one attached hydrogen (secondary N) is 1. The number of ether oxygens (including phenoxy) is 1. The van der Waals surface area contributed by atoms with E-state index in [1.807, 2.05) is 60.7 Å². The predicted octanol–water partition coefficient (Wildman–Crippen LogP) is 5.32. The number of fused-ring (bicyclic) bond motifs is 3. The zero-order valence-corrected chi connectivity index (χ0v) is 17.8. The van der Waals surface area contributed by atoms with Gasteiger partial charge in [-0.2, -0.15) is 0 Å². The van der Waals surface area contributed by atoms with Crippen LogP contribution in [0.4, 0.5) is 5.69 Å². The molecule has 4 rings (SSSR count). The fourth-order valence-corrected chi connectivity index (χ4v) is 3.92. The summed E-state index contributed by atoms with van der Waals surface area (Å²) < 4.78 is 7.59. The van der Waals surface area contributed by atoms with E-state index in [4.69, 9.17) is 4.74 Å². The zero-order chi connectivity index (χ0) is 21.8. The number of aryl methyl sites for hydroxylation is 2. The van der Waals surface area contributed by atoms with Crippen LogP contribution < -0.4 is 5.32 Å². The lowest BCUT2D eigenvalue weighted by atomic mass is 10.1. The van der Waals surface area contributed by atoms with E-state index in [2.05, 4.69) is 28.9 Å². The molecular weight excluding hydrogens is 388 g/mol. The van der Waals surface area contributed by atoms with E-state index in [-0.39, 0.29) is 18.3 Å². The number of esters is 1. The first-order chi connectivity index (χ1) is 15.1. The number of para-hydroxylation sites is 1. The molecule has 31 heavy (non-hydrogen) atoms. The Hall–Kier alpha value is -3.60. The lowest BCUT2D eigenvalue weighted by Gasteiger charge is -2.14. The van der Waals surface area contributed by atoms with E-state index in [0.29, 0.717) is 12.1 Å². The third kappa shape index (κ3) is 4.45. The minimum atomic E-state index is -0.865. The van der Waals surface area contributed by atoms with Gasteiger partial charge < -0.3 is 14.6 Å². The first kappa shape index (κ1) is 20.7. The normalized spacial score (nSPS) is 12.1. The van der Waals surface area contributed by atoms with Crippen molar-refractivity contribution in [3.05, 3.63) is 78.4 Å². The quantitative estimate of drug-likeness (QED) is 0.417. The van der Waals surface area contributed by atoms with Gasteiger partial charge >= 0.3 is 5.97 Å². The maximum absolute atomic E-state index is 12.6. The molecule has 0 bridgehead atoms. The molecule has 5 heteroatoms. The summed E-state index contributed by atoms with van der Waals surface area (Å²) in [5.41, 5.74) is 4.05. The Morgan fingerprint density at radius 1 is 0.935 bits per heavy atom. The number of benzene rings is 3. The standard InChI is InChI=1S/C26H26N2O3/c1-3-28-23-12-8-7-11-21(23)22-17-20(14-15-24(22)28)27-26(30)18(2)31-25(29)16-13-19-9-5-4-6-10-19/h4-12,14-15,17-18H,3,13,16H2,1-2H3,(H,27,30)/t18-/m0/s1. The Labute approximate surface area is 181 Å². The van der Waals surface area contributed by atoms with Gasteiger partial charge in [-0.1, -0.05) is 48.5 Å². The molecule has 1 atom stereocenters. The first-order valence-corrected chi connectivity index (χ1v) is 10.6. The summed E-state index contributed by atoms with van der Waals surface area (Å²) >= 11 is 0. The van der Waals surface area contributed by atoms with Crippen molar-refractivity contribution < 1.29 is 14.3 Å². The van der Waals surface area contributed by atoms with Crippen molar-refractivity contribution >= 4 is 39.4 Å². The summed E-state index contributed by atoms with van der Waals surface area (Å²) in [7, 11) is 0. The third-order valence-electron chi connectivity index (χ3n) is 5.49. The van der Waals surface area contributed by atoms with Gasteiger partial charge in [-0.25, -0.2) is 0 Å². The molecule has 4 aromatic rings. The molecule has 0 spiro atoms. The van der Waals surface area contributed by atoms with Crippen molar-refractivity contribution in [2.45, 2.75) is 39.3 Å². The number of carbonyl (C=O) groups is 2. The summed E-state index contributed by atoms with van der Waals surface area (Å²) in [6.07, 6.45) is -0.0352. The van der Waals surface area contributed by atoms with Gasteiger partial charge in [0.2, 0.25) is 0 Å². The van der Waals surface area contributed by atoms with E-state index in [0.717, 1.165) is 28.4 Å². The molecule has 0 unspecified atom stereocenters. The highest BCUT2D eigenvalue weighted by atomic mass is 16.5. The summed E-state index contributed by atoms with van der Waals surface area (Å²) in [4.78, 5) is 24.7. The summed E-state index contributed by atoms with van der Waals surface area (Å²) in [5, 5.41) is 5.11. The van der Waals surface area contributed by atoms with Crippen LogP contribution in [0.3, 0.4) is 0 Å². The Morgan fingerprint density at radius 3 is 2.42 bits per heavy atom. The molecular formula is C26H26N2O3. The van der Waals surface area contributed by atoms with Crippen LogP contribution in [-0.4, -0.2) is 22.5 Å². The number of hydrogen-bond acceptors (Lipinski definition) is 3. The van der Waals surface area contributed by atoms with Crippen molar-refractivity contribution in [2.24, 2.45) is 0 Å². The summed E-state index contributed by atoms with van der Waals surface area (Å²) in [6, 6.07) is 23.9. The van der Waals surface area contributed by atoms with Crippen molar-refractivity contribution in [1.29, 1.82) is 0 Å². The maximum atomic E-state index is 12.6. The molecule has 0 aliphatic rings. The first-order valence-electron chi connectivity index (χ1n) is 10.6. The molecule has 0 aliphatic carbocycles. The molecule has 1 N–H and O–H groups in total. The maximum Gasteiger partial charge on any atom is 0.306 e. The van der Waals surface area contributed by atoms with Gasteiger partial charge in [-0.15, -0.1) is 0 Å². The van der Waals surface area contributed by atoms with Crippen LogP contribution in [0.1, 0.15) is 25.8 Å². The number of rotatable bonds is 7. The number of carbonyl (C=O) groups excluding carboxylic acids is 2. The van der Waals surface area contributed by atoms with Gasteiger partial charge in [0, 0.05) is 40.5 Å². The fourth-order valence-electron chi connectivity index (χ4n) is 3.92. The monoisotopic (exact) mass is 414 g/mol. The van der Waals surface area contributed by atoms with Gasteiger partial charge in [0.1, 0.15) is 0 Å². The molecule has 5 nitrogen and oxygen atoms in total. The molecule has 0 saturated heterocycles. The van der Waals surface area contributed by atoms with Crippen LogP contribution in [0.5, 0.6) is 0 Å². The van der Waals surface area contributed by atoms with Gasteiger partial charge in [0.15, 0.2) is 6.10 Å². The van der Waals surface area contributed by atoms with E-state index in [9.17, 15) is 9.59 Å². The largest absolute Gasteiger partial charge is 0.453 e. The van der Waals surface area contributed by atoms with E-state index < -0.39 is 6.10 Å². The number of amides is 1. The van der Waals surface area contributed by atoms with Crippen molar-refractivity contribution in [3.63, 3.8) is 0 Å². The van der Waals surface area contributed by atoms with Gasteiger partial charge in [-0.3, -0.25) is 9.59 Å². The van der Waals surface area contributed by atoms with Gasteiger partial charge in [0.05, 0.1) is 0 Å². The second-order valence-electron chi connectivity index (χ2n) is 7.60. The molecule has 1 aromatic heterocycles. The Kier molecular flexibility index (Phi) is 6.03. The second kappa shape index (κ2) is 9.04. The van der Waals surface area contributed by atoms with Crippen LogP contribution in [0.25, 0.3) is 21.8 Å². The molecule has 3 aromatic carbocycles. The number of hydrogen-bond donors (Lipinski definition) is 1. The molecule has 158 valence electrons. The van der Waals surface area contributed by atoms with Crippen LogP contribution in [0.15, 0.2) is 72.8 Å². The minimum Gasteiger partial charge on any atom is -0.453 e. The van der Waals surface area contributed by atoms with Crippen LogP contribution in [0.2, 0.25) is 0 Å². The Bertz CT molecular complexity index is 1230. The van der Waals surface area contributed by atoms with E-state index in [1.54, 1.807) is 6.92 Å². The van der Waals surface area contributed by atoms with Crippen LogP contribution in [0, 0.1) is 0 Å². The molecule has 1 heterocycles. The number of aromatic nitrogens is 1. The van der Waals surface area contributed by atoms with Gasteiger partial charge in [-0.05, 0) is 50.1 Å². The van der Waals surface area contributed by atoms with Crippen molar-refractivity contribution in [3.8, 4) is 0 Å². The number of nitrogens with zero attached hydrogens (tertiary/aromatic N) is 1. The van der Waals surface area contributed by atoms with Crippen LogP contribution in [-0.2, 0) is 27.3 Å². The molecule has 0 saturated carbocycles. The summed E-state index contributed by atoms with van der Waals surface area (Å²) in [5.74, 6) is -0.723. The highest BCUT2D eigenvalue weighted by molar-refractivity contribution is 6.10. The smallest absolute Gasteiger partial charge is 0.306 e. The van der Waals surface area contributed by atoms with Gasteiger partial charge in [0.25, 0.3) is 5.91 Å². The lowest BCUT2D eigenvalue weighted by molar-refractivity contribution is -0.153. The second-order valence-corrected chi connectivity index (χ2v) is 7.60. The van der Waals surface area contributed by atoms with Crippen molar-refractivity contribution in [1.82, 2.24) is 4.57 Å². The highest BCUT2D eigenvalue weighted by Gasteiger charge is 2.18. The minimum absolute atomic E-state index is 0.240. The summed E-state index contributed by atoms with van der Waals surface area (Å²) in [6.45, 7) is 4.58. The average Bonchev–Trinajstić information content (AvgIpc) is 3.11. The fraction of sp³-hybridized carbons (Fsp3) is 0.231. The topological polar surface area (TPSA) is 60.3 Å². The molecule has 1 amide bonds. The molecule has 0 radical (unpaired) electrons. The zero-order valence-electron chi connectivity index (χ0n) is 17.8. The van der Waals surface area contributed by atoms with E-state index in [1.165, 1.54) is 5.52 Å². The van der Waals surface area contributed by atoms with Crippen LogP contribution >= 0.6 is 0 Å². The third-order valence-corrected chi connectivity index (χ3v) is 5.49. The van der Waals surface area contributed by atoms with Crippen molar-refractivity contribution in [2.75, 3.05) is 5.32 Å². The lowest BCUT2D eigenvalue weighted by Crippen LogP contribution is -2.30. The Morgan fingerprint density at radius 2 is 1.65 bits per heavy atom. The SMILES string of the molecule is CCn1c2ccccc2c2cc(NC(=O)[C@H](C)OC(=O)CCc3ccccc3)ccc21. The molecule has 0 fully saturated rings. The Balaban J connectivity index is 1.43. The highest BCUT2D eigenvalue weighted by Crippen LogP contribution is 2.31. The molecule has 0 aliphatic heterocycles. The van der Waals surface area contributed by atoms with E-state index >= 15 is 0 Å².